The van der Waals surface area contributed by atoms with Gasteiger partial charge in [-0.2, -0.15) is 0 Å². The Morgan fingerprint density at radius 3 is 2.42 bits per heavy atom. The first-order valence-corrected chi connectivity index (χ1v) is 10.1. The van der Waals surface area contributed by atoms with Crippen molar-refractivity contribution in [3.05, 3.63) is 100 Å². The number of esters is 1. The number of aromatic hydroxyl groups is 1. The molecule has 0 aliphatic carbocycles. The molecule has 2 unspecified atom stereocenters. The van der Waals surface area contributed by atoms with Gasteiger partial charge in [-0.1, -0.05) is 54.1 Å². The Hall–Kier alpha value is -3.57. The molecule has 0 fully saturated rings. The molecular formula is C25H19ClO5. The molecule has 31 heavy (non-hydrogen) atoms. The maximum absolute atomic E-state index is 13.0. The maximum atomic E-state index is 13.0. The van der Waals surface area contributed by atoms with Gasteiger partial charge in [0.1, 0.15) is 11.5 Å². The highest BCUT2D eigenvalue weighted by atomic mass is 35.5. The van der Waals surface area contributed by atoms with Crippen LogP contribution < -0.4 is 4.74 Å². The highest BCUT2D eigenvalue weighted by Crippen LogP contribution is 2.45. The van der Waals surface area contributed by atoms with Crippen LogP contribution in [-0.4, -0.2) is 22.2 Å². The van der Waals surface area contributed by atoms with E-state index in [9.17, 15) is 14.7 Å². The second kappa shape index (κ2) is 8.66. The zero-order valence-corrected chi connectivity index (χ0v) is 17.1. The highest BCUT2D eigenvalue weighted by Gasteiger charge is 2.39. The predicted molar refractivity (Wildman–Crippen MR) is 117 cm³/mol. The Kier molecular flexibility index (Phi) is 5.78. The first-order valence-electron chi connectivity index (χ1n) is 9.71. The van der Waals surface area contributed by atoms with E-state index in [4.69, 9.17) is 21.4 Å². The lowest BCUT2D eigenvalue weighted by atomic mass is 9.76. The number of hydrogen-bond acceptors (Lipinski definition) is 4. The average Bonchev–Trinajstić information content (AvgIpc) is 2.74. The van der Waals surface area contributed by atoms with E-state index in [-0.39, 0.29) is 17.6 Å². The van der Waals surface area contributed by atoms with Crippen molar-refractivity contribution in [1.29, 1.82) is 0 Å². The van der Waals surface area contributed by atoms with Gasteiger partial charge in [0, 0.05) is 23.1 Å². The van der Waals surface area contributed by atoms with Gasteiger partial charge >= 0.3 is 11.9 Å². The van der Waals surface area contributed by atoms with Gasteiger partial charge in [-0.3, -0.25) is 4.79 Å². The van der Waals surface area contributed by atoms with Gasteiger partial charge in [0.2, 0.25) is 0 Å². The van der Waals surface area contributed by atoms with Crippen LogP contribution in [-0.2, 0) is 16.0 Å². The first-order chi connectivity index (χ1) is 14.9. The van der Waals surface area contributed by atoms with Crippen LogP contribution in [0.3, 0.4) is 0 Å². The smallest absolute Gasteiger partial charge is 0.328 e. The van der Waals surface area contributed by atoms with Crippen molar-refractivity contribution in [2.24, 2.45) is 0 Å². The van der Waals surface area contributed by atoms with Gasteiger partial charge in [0.25, 0.3) is 0 Å². The Bertz CT molecular complexity index is 1150. The molecule has 0 saturated carbocycles. The van der Waals surface area contributed by atoms with Crippen LogP contribution in [0.15, 0.2) is 72.8 Å². The summed E-state index contributed by atoms with van der Waals surface area (Å²) in [4.78, 5) is 23.7. The van der Waals surface area contributed by atoms with E-state index in [0.717, 1.165) is 28.3 Å². The molecule has 1 aliphatic heterocycles. The van der Waals surface area contributed by atoms with E-state index >= 15 is 0 Å². The van der Waals surface area contributed by atoms with E-state index in [2.05, 4.69) is 0 Å². The molecule has 0 saturated heterocycles. The minimum Gasteiger partial charge on any atom is -0.508 e. The fourth-order valence-corrected chi connectivity index (χ4v) is 4.01. The molecular weight excluding hydrogens is 416 g/mol. The van der Waals surface area contributed by atoms with E-state index in [0.29, 0.717) is 17.2 Å². The van der Waals surface area contributed by atoms with Crippen molar-refractivity contribution < 1.29 is 24.5 Å². The van der Waals surface area contributed by atoms with Crippen LogP contribution >= 0.6 is 11.6 Å². The van der Waals surface area contributed by atoms with Crippen molar-refractivity contribution in [3.8, 4) is 11.5 Å². The molecule has 6 heteroatoms. The van der Waals surface area contributed by atoms with Gasteiger partial charge in [-0.05, 0) is 52.9 Å². The maximum Gasteiger partial charge on any atom is 0.328 e. The summed E-state index contributed by atoms with van der Waals surface area (Å²) in [6, 6.07) is 19.5. The number of carbonyl (C=O) groups is 2. The summed E-state index contributed by atoms with van der Waals surface area (Å²) >= 11 is 6.03. The summed E-state index contributed by atoms with van der Waals surface area (Å²) in [6.45, 7) is 0. The van der Waals surface area contributed by atoms with Gasteiger partial charge in [-0.25, -0.2) is 4.79 Å². The highest BCUT2D eigenvalue weighted by molar-refractivity contribution is 6.30. The lowest BCUT2D eigenvalue weighted by Gasteiger charge is -2.32. The number of rotatable bonds is 5. The standard InChI is InChI=1S/C25H19ClO5/c26-18-8-6-17(7-9-18)24-21(20-11-10-19(27)14-22(20)31-25(24)30)13-16-3-1-15(2-4-16)5-12-23(28)29/h1-12,14,21,24,27H,13H2,(H,28,29). The lowest BCUT2D eigenvalue weighted by Crippen LogP contribution is -2.31. The van der Waals surface area contributed by atoms with Gasteiger partial charge < -0.3 is 14.9 Å². The minimum atomic E-state index is -1.00. The molecule has 0 bridgehead atoms. The van der Waals surface area contributed by atoms with Crippen molar-refractivity contribution in [1.82, 2.24) is 0 Å². The quantitative estimate of drug-likeness (QED) is 0.328. The van der Waals surface area contributed by atoms with E-state index in [1.165, 1.54) is 12.1 Å². The number of aliphatic carboxylic acids is 1. The van der Waals surface area contributed by atoms with E-state index in [1.54, 1.807) is 24.3 Å². The number of phenols is 1. The van der Waals surface area contributed by atoms with Gasteiger partial charge in [0.05, 0.1) is 5.92 Å². The van der Waals surface area contributed by atoms with Crippen LogP contribution in [0, 0.1) is 0 Å². The SMILES string of the molecule is O=C(O)C=Cc1ccc(CC2c3ccc(O)cc3OC(=O)C2c2ccc(Cl)cc2)cc1. The van der Waals surface area contributed by atoms with Gasteiger partial charge in [-0.15, -0.1) is 0 Å². The minimum absolute atomic E-state index is 0.0322. The molecule has 5 nitrogen and oxygen atoms in total. The summed E-state index contributed by atoms with van der Waals surface area (Å²) in [6.07, 6.45) is 3.17. The number of benzene rings is 3. The molecule has 3 aromatic carbocycles. The molecule has 2 atom stereocenters. The summed E-state index contributed by atoms with van der Waals surface area (Å²) in [7, 11) is 0. The van der Waals surface area contributed by atoms with E-state index in [1.807, 2.05) is 36.4 Å². The monoisotopic (exact) mass is 434 g/mol. The summed E-state index contributed by atoms with van der Waals surface area (Å²) in [5, 5.41) is 19.2. The number of phenolic OH excluding ortho intramolecular Hbond substituents is 1. The molecule has 1 heterocycles. The normalized spacial score (nSPS) is 17.9. The number of carbonyl (C=O) groups excluding carboxylic acids is 1. The van der Waals surface area contributed by atoms with Gasteiger partial charge in [0.15, 0.2) is 0 Å². The molecule has 4 rings (SSSR count). The summed E-state index contributed by atoms with van der Waals surface area (Å²) in [5.41, 5.74) is 3.41. The predicted octanol–water partition coefficient (Wildman–Crippen LogP) is 5.17. The third-order valence-corrected chi connectivity index (χ3v) is 5.60. The fourth-order valence-electron chi connectivity index (χ4n) is 3.89. The number of hydrogen-bond donors (Lipinski definition) is 2. The van der Waals surface area contributed by atoms with Crippen molar-refractivity contribution in [2.75, 3.05) is 0 Å². The van der Waals surface area contributed by atoms with Crippen molar-refractivity contribution >= 4 is 29.6 Å². The topological polar surface area (TPSA) is 83.8 Å². The number of halogens is 1. The zero-order chi connectivity index (χ0) is 22.0. The van der Waals surface area contributed by atoms with Crippen molar-refractivity contribution in [3.63, 3.8) is 0 Å². The average molecular weight is 435 g/mol. The van der Waals surface area contributed by atoms with Crippen molar-refractivity contribution in [2.45, 2.75) is 18.3 Å². The Morgan fingerprint density at radius 2 is 1.74 bits per heavy atom. The lowest BCUT2D eigenvalue weighted by molar-refractivity contribution is -0.138. The Labute approximate surface area is 184 Å². The number of carboxylic acid groups (broad SMARTS) is 1. The Balaban J connectivity index is 1.71. The molecule has 0 aromatic heterocycles. The Morgan fingerprint density at radius 1 is 1.03 bits per heavy atom. The van der Waals surface area contributed by atoms with Crippen LogP contribution in [0.4, 0.5) is 0 Å². The number of carboxylic acids is 1. The molecule has 0 spiro atoms. The van der Waals surface area contributed by atoms with Crippen LogP contribution in [0.1, 0.15) is 34.1 Å². The summed E-state index contributed by atoms with van der Waals surface area (Å²) in [5.74, 6) is -1.73. The number of ether oxygens (including phenoxy) is 1. The van der Waals surface area contributed by atoms with Crippen LogP contribution in [0.5, 0.6) is 11.5 Å². The molecule has 2 N–H and O–H groups in total. The number of fused-ring (bicyclic) bond motifs is 1. The second-order valence-electron chi connectivity index (χ2n) is 7.40. The third-order valence-electron chi connectivity index (χ3n) is 5.35. The molecule has 3 aromatic rings. The molecule has 1 aliphatic rings. The zero-order valence-electron chi connectivity index (χ0n) is 16.4. The first kappa shape index (κ1) is 20.7. The van der Waals surface area contributed by atoms with Crippen LogP contribution in [0.2, 0.25) is 5.02 Å². The fraction of sp³-hybridized carbons (Fsp3) is 0.120. The third kappa shape index (κ3) is 4.62. The molecule has 0 radical (unpaired) electrons. The molecule has 156 valence electrons. The largest absolute Gasteiger partial charge is 0.508 e. The molecule has 0 amide bonds. The summed E-state index contributed by atoms with van der Waals surface area (Å²) < 4.78 is 5.55. The second-order valence-corrected chi connectivity index (χ2v) is 7.83. The van der Waals surface area contributed by atoms with E-state index < -0.39 is 11.9 Å². The van der Waals surface area contributed by atoms with Crippen LogP contribution in [0.25, 0.3) is 6.08 Å².